The Morgan fingerprint density at radius 2 is 2.00 bits per heavy atom. The van der Waals surface area contributed by atoms with Crippen LogP contribution in [-0.2, 0) is 12.8 Å². The number of hydrogen-bond donors (Lipinski definition) is 1. The number of aromatic nitrogens is 4. The molecule has 3 rings (SSSR count). The molecule has 0 saturated heterocycles. The lowest BCUT2D eigenvalue weighted by Crippen LogP contribution is -1.93. The predicted molar refractivity (Wildman–Crippen MR) is 72.1 cm³/mol. The van der Waals surface area contributed by atoms with Crippen molar-refractivity contribution in [2.45, 2.75) is 12.8 Å². The molecular formula is C14H14N4O. The van der Waals surface area contributed by atoms with E-state index >= 15 is 0 Å². The van der Waals surface area contributed by atoms with Gasteiger partial charge in [-0.1, -0.05) is 12.1 Å². The minimum absolute atomic E-state index is 0.722. The fourth-order valence-corrected chi connectivity index (χ4v) is 1.99. The summed E-state index contributed by atoms with van der Waals surface area (Å²) in [5.74, 6) is 1.81. The van der Waals surface area contributed by atoms with Crippen molar-refractivity contribution in [3.63, 3.8) is 0 Å². The number of aryl methyl sites for hydroxylation is 2. The number of ether oxygens (including phenoxy) is 1. The molecule has 5 heteroatoms. The van der Waals surface area contributed by atoms with Crippen molar-refractivity contribution in [3.8, 4) is 5.75 Å². The van der Waals surface area contributed by atoms with Crippen LogP contribution in [0.1, 0.15) is 11.4 Å². The van der Waals surface area contributed by atoms with Crippen molar-refractivity contribution in [1.29, 1.82) is 0 Å². The molecule has 0 aliphatic rings. The molecule has 0 amide bonds. The van der Waals surface area contributed by atoms with Crippen LogP contribution in [0.3, 0.4) is 0 Å². The van der Waals surface area contributed by atoms with Gasteiger partial charge in [0.1, 0.15) is 23.4 Å². The number of methoxy groups -OCH3 is 1. The lowest BCUT2D eigenvalue weighted by Gasteiger charge is -2.02. The van der Waals surface area contributed by atoms with Crippen LogP contribution in [0.5, 0.6) is 5.75 Å². The minimum Gasteiger partial charge on any atom is -0.497 e. The normalized spacial score (nSPS) is 10.8. The Bertz CT molecular complexity index is 642. The maximum absolute atomic E-state index is 5.14. The van der Waals surface area contributed by atoms with Crippen LogP contribution in [-0.4, -0.2) is 27.0 Å². The Hall–Kier alpha value is -2.43. The van der Waals surface area contributed by atoms with Gasteiger partial charge in [-0.15, -0.1) is 0 Å². The molecule has 1 aromatic carbocycles. The molecule has 2 heterocycles. The number of nitrogens with one attached hydrogen (secondary N) is 1. The summed E-state index contributed by atoms with van der Waals surface area (Å²) in [7, 11) is 1.67. The molecule has 0 saturated carbocycles. The lowest BCUT2D eigenvalue weighted by molar-refractivity contribution is 0.414. The van der Waals surface area contributed by atoms with Gasteiger partial charge >= 0.3 is 0 Å². The fraction of sp³-hybridized carbons (Fsp3) is 0.214. The Labute approximate surface area is 110 Å². The molecule has 2 aromatic heterocycles. The van der Waals surface area contributed by atoms with Gasteiger partial charge in [0.05, 0.1) is 13.3 Å². The van der Waals surface area contributed by atoms with Crippen LogP contribution >= 0.6 is 0 Å². The SMILES string of the molecule is COc1ccc(CCc2nc3ncncc3[nH]2)cc1. The first-order valence-corrected chi connectivity index (χ1v) is 6.12. The van der Waals surface area contributed by atoms with Crippen LogP contribution in [0, 0.1) is 0 Å². The first kappa shape index (κ1) is 11.6. The summed E-state index contributed by atoms with van der Waals surface area (Å²) in [5.41, 5.74) is 2.86. The second kappa shape index (κ2) is 5.06. The molecule has 19 heavy (non-hydrogen) atoms. The average Bonchev–Trinajstić information content (AvgIpc) is 2.88. The van der Waals surface area contributed by atoms with Crippen molar-refractivity contribution >= 4 is 11.2 Å². The highest BCUT2D eigenvalue weighted by molar-refractivity contribution is 5.68. The van der Waals surface area contributed by atoms with Gasteiger partial charge in [0, 0.05) is 6.42 Å². The highest BCUT2D eigenvalue weighted by Gasteiger charge is 2.04. The second-order valence-electron chi connectivity index (χ2n) is 4.29. The van der Waals surface area contributed by atoms with E-state index in [9.17, 15) is 0 Å². The summed E-state index contributed by atoms with van der Waals surface area (Å²) in [6.07, 6.45) is 5.03. The topological polar surface area (TPSA) is 63.7 Å². The van der Waals surface area contributed by atoms with Gasteiger partial charge in [-0.05, 0) is 24.1 Å². The summed E-state index contributed by atoms with van der Waals surface area (Å²) in [6, 6.07) is 8.08. The molecule has 0 unspecified atom stereocenters. The van der Waals surface area contributed by atoms with Gasteiger partial charge in [-0.25, -0.2) is 15.0 Å². The average molecular weight is 254 g/mol. The van der Waals surface area contributed by atoms with Crippen LogP contribution < -0.4 is 4.74 Å². The minimum atomic E-state index is 0.722. The third-order valence-electron chi connectivity index (χ3n) is 3.02. The number of nitrogens with zero attached hydrogens (tertiary/aromatic N) is 3. The van der Waals surface area contributed by atoms with E-state index in [1.54, 1.807) is 13.3 Å². The first-order valence-electron chi connectivity index (χ1n) is 6.12. The molecule has 1 N–H and O–H groups in total. The van der Waals surface area contributed by atoms with Gasteiger partial charge in [0.2, 0.25) is 0 Å². The molecule has 0 aliphatic carbocycles. The van der Waals surface area contributed by atoms with E-state index in [0.29, 0.717) is 0 Å². The summed E-state index contributed by atoms with van der Waals surface area (Å²) in [6.45, 7) is 0. The zero-order chi connectivity index (χ0) is 13.1. The van der Waals surface area contributed by atoms with E-state index in [2.05, 4.69) is 32.1 Å². The Morgan fingerprint density at radius 1 is 1.16 bits per heavy atom. The summed E-state index contributed by atoms with van der Waals surface area (Å²) in [4.78, 5) is 15.7. The van der Waals surface area contributed by atoms with Crippen molar-refractivity contribution in [2.75, 3.05) is 7.11 Å². The Kier molecular flexibility index (Phi) is 3.10. The highest BCUT2D eigenvalue weighted by atomic mass is 16.5. The molecule has 0 fully saturated rings. The zero-order valence-corrected chi connectivity index (χ0v) is 10.6. The first-order chi connectivity index (χ1) is 9.35. The lowest BCUT2D eigenvalue weighted by atomic mass is 10.1. The van der Waals surface area contributed by atoms with E-state index in [0.717, 1.165) is 35.6 Å². The van der Waals surface area contributed by atoms with E-state index in [1.807, 2.05) is 12.1 Å². The molecule has 0 aliphatic heterocycles. The van der Waals surface area contributed by atoms with Crippen molar-refractivity contribution in [1.82, 2.24) is 19.9 Å². The molecule has 0 radical (unpaired) electrons. The van der Waals surface area contributed by atoms with Gasteiger partial charge < -0.3 is 9.72 Å². The quantitative estimate of drug-likeness (QED) is 0.774. The van der Waals surface area contributed by atoms with Crippen LogP contribution in [0.2, 0.25) is 0 Å². The number of hydrogen-bond acceptors (Lipinski definition) is 4. The van der Waals surface area contributed by atoms with Gasteiger partial charge in [-0.2, -0.15) is 0 Å². The molecule has 0 spiro atoms. The largest absolute Gasteiger partial charge is 0.497 e. The molecule has 96 valence electrons. The maximum atomic E-state index is 5.14. The second-order valence-corrected chi connectivity index (χ2v) is 4.29. The maximum Gasteiger partial charge on any atom is 0.180 e. The molecule has 5 nitrogen and oxygen atoms in total. The summed E-state index contributed by atoms with van der Waals surface area (Å²) >= 11 is 0. The number of aromatic amines is 1. The number of benzene rings is 1. The smallest absolute Gasteiger partial charge is 0.180 e. The number of imidazole rings is 1. The van der Waals surface area contributed by atoms with E-state index in [1.165, 1.54) is 11.9 Å². The van der Waals surface area contributed by atoms with E-state index in [4.69, 9.17) is 4.74 Å². The van der Waals surface area contributed by atoms with Crippen molar-refractivity contribution in [2.24, 2.45) is 0 Å². The fourth-order valence-electron chi connectivity index (χ4n) is 1.99. The zero-order valence-electron chi connectivity index (χ0n) is 10.6. The molecule has 3 aromatic rings. The third-order valence-corrected chi connectivity index (χ3v) is 3.02. The number of fused-ring (bicyclic) bond motifs is 1. The van der Waals surface area contributed by atoms with Crippen LogP contribution in [0.25, 0.3) is 11.2 Å². The van der Waals surface area contributed by atoms with E-state index < -0.39 is 0 Å². The summed E-state index contributed by atoms with van der Waals surface area (Å²) < 4.78 is 5.14. The van der Waals surface area contributed by atoms with Gasteiger partial charge in [0.25, 0.3) is 0 Å². The number of H-pyrrole nitrogens is 1. The standard InChI is InChI=1S/C14H14N4O/c1-19-11-5-2-10(3-6-11)4-7-13-17-12-8-15-9-16-14(12)18-13/h2-3,5-6,8-9H,4,7H2,1H3,(H,15,16,17,18). The van der Waals surface area contributed by atoms with Gasteiger partial charge in [-0.3, -0.25) is 0 Å². The van der Waals surface area contributed by atoms with Crippen LogP contribution in [0.4, 0.5) is 0 Å². The van der Waals surface area contributed by atoms with Crippen LogP contribution in [0.15, 0.2) is 36.8 Å². The predicted octanol–water partition coefficient (Wildman–Crippen LogP) is 2.15. The third kappa shape index (κ3) is 2.54. The Morgan fingerprint density at radius 3 is 2.74 bits per heavy atom. The highest BCUT2D eigenvalue weighted by Crippen LogP contribution is 2.13. The molecular weight excluding hydrogens is 240 g/mol. The summed E-state index contributed by atoms with van der Waals surface area (Å²) in [5, 5.41) is 0. The monoisotopic (exact) mass is 254 g/mol. The van der Waals surface area contributed by atoms with E-state index in [-0.39, 0.29) is 0 Å². The molecule has 0 atom stereocenters. The van der Waals surface area contributed by atoms with Gasteiger partial charge in [0.15, 0.2) is 5.65 Å². The van der Waals surface area contributed by atoms with Crippen molar-refractivity contribution in [3.05, 3.63) is 48.2 Å². The van der Waals surface area contributed by atoms with Crippen molar-refractivity contribution < 1.29 is 4.74 Å². The Balaban J connectivity index is 1.70. The molecule has 0 bridgehead atoms. The number of rotatable bonds is 4.